The minimum absolute atomic E-state index is 0.457. The van der Waals surface area contributed by atoms with Crippen molar-refractivity contribution in [3.8, 4) is 0 Å². The summed E-state index contributed by atoms with van der Waals surface area (Å²) in [6.45, 7) is 4.33. The summed E-state index contributed by atoms with van der Waals surface area (Å²) in [5, 5.41) is 1.49. The fourth-order valence-corrected chi connectivity index (χ4v) is 2.41. The van der Waals surface area contributed by atoms with Crippen LogP contribution < -0.4 is 0 Å². The molecule has 0 radical (unpaired) electrons. The number of pyridine rings is 1. The number of aromatic nitrogens is 1. The highest BCUT2D eigenvalue weighted by molar-refractivity contribution is 7.99. The molecule has 0 saturated heterocycles. The molecular formula is C9H11Cl2NS. The predicted molar refractivity (Wildman–Crippen MR) is 59.9 cm³/mol. The van der Waals surface area contributed by atoms with Crippen molar-refractivity contribution < 1.29 is 0 Å². The first kappa shape index (κ1) is 11.2. The van der Waals surface area contributed by atoms with Gasteiger partial charge in [0.2, 0.25) is 0 Å². The van der Waals surface area contributed by atoms with Crippen LogP contribution in [0.3, 0.4) is 0 Å². The molecule has 1 heterocycles. The first-order chi connectivity index (χ1) is 6.11. The normalized spacial score (nSPS) is 12.9. The predicted octanol–water partition coefficient (Wildman–Crippen LogP) is 4.28. The standard InChI is InChI=1S/C9H11Cl2NS/c1-3-6(2)13-7-4-8(10)12-9(11)5-7/h4-6H,3H2,1-2H3/t6-/m1/s1. The van der Waals surface area contributed by atoms with Gasteiger partial charge in [0.05, 0.1) is 0 Å². The van der Waals surface area contributed by atoms with Gasteiger partial charge in [-0.2, -0.15) is 0 Å². The van der Waals surface area contributed by atoms with Crippen molar-refractivity contribution in [3.63, 3.8) is 0 Å². The van der Waals surface area contributed by atoms with Crippen molar-refractivity contribution in [2.45, 2.75) is 30.4 Å². The molecule has 1 aromatic heterocycles. The zero-order valence-electron chi connectivity index (χ0n) is 7.55. The number of hydrogen-bond donors (Lipinski definition) is 0. The van der Waals surface area contributed by atoms with Gasteiger partial charge in [-0.1, -0.05) is 37.0 Å². The number of nitrogens with zero attached hydrogens (tertiary/aromatic N) is 1. The van der Waals surface area contributed by atoms with Gasteiger partial charge >= 0.3 is 0 Å². The summed E-state index contributed by atoms with van der Waals surface area (Å²) in [6.07, 6.45) is 1.13. The maximum Gasteiger partial charge on any atom is 0.131 e. The maximum atomic E-state index is 5.77. The summed E-state index contributed by atoms with van der Waals surface area (Å²) >= 11 is 13.3. The Morgan fingerprint density at radius 3 is 2.38 bits per heavy atom. The van der Waals surface area contributed by atoms with Gasteiger partial charge in [-0.3, -0.25) is 0 Å². The number of rotatable bonds is 3. The second kappa shape index (κ2) is 5.08. The van der Waals surface area contributed by atoms with Crippen molar-refractivity contribution in [2.75, 3.05) is 0 Å². The SMILES string of the molecule is CC[C@@H](C)Sc1cc(Cl)nc(Cl)c1. The lowest BCUT2D eigenvalue weighted by molar-refractivity contribution is 0.905. The van der Waals surface area contributed by atoms with E-state index in [2.05, 4.69) is 18.8 Å². The molecule has 13 heavy (non-hydrogen) atoms. The van der Waals surface area contributed by atoms with E-state index < -0.39 is 0 Å². The monoisotopic (exact) mass is 235 g/mol. The smallest absolute Gasteiger partial charge is 0.131 e. The van der Waals surface area contributed by atoms with E-state index >= 15 is 0 Å². The van der Waals surface area contributed by atoms with Crippen LogP contribution in [0.4, 0.5) is 0 Å². The lowest BCUT2D eigenvalue weighted by Crippen LogP contribution is -1.92. The van der Waals surface area contributed by atoms with Gasteiger partial charge in [0.15, 0.2) is 0 Å². The molecule has 0 spiro atoms. The number of thioether (sulfide) groups is 1. The van der Waals surface area contributed by atoms with Crippen molar-refractivity contribution in [1.82, 2.24) is 4.98 Å². The van der Waals surface area contributed by atoms with Gasteiger partial charge in [0.25, 0.3) is 0 Å². The molecule has 1 aromatic rings. The Labute approximate surface area is 92.8 Å². The molecular weight excluding hydrogens is 225 g/mol. The van der Waals surface area contributed by atoms with E-state index in [0.29, 0.717) is 15.6 Å². The molecule has 0 aliphatic rings. The van der Waals surface area contributed by atoms with Crippen LogP contribution in [0, 0.1) is 0 Å². The van der Waals surface area contributed by atoms with E-state index in [1.807, 2.05) is 12.1 Å². The second-order valence-corrected chi connectivity index (χ2v) is 5.07. The Bertz CT molecular complexity index is 271. The molecule has 1 rings (SSSR count). The van der Waals surface area contributed by atoms with Gasteiger partial charge in [0.1, 0.15) is 10.3 Å². The molecule has 0 aliphatic carbocycles. The third kappa shape index (κ3) is 3.75. The highest BCUT2D eigenvalue weighted by Gasteiger charge is 2.04. The van der Waals surface area contributed by atoms with E-state index in [0.717, 1.165) is 11.3 Å². The highest BCUT2D eigenvalue weighted by Crippen LogP contribution is 2.28. The molecule has 0 saturated carbocycles. The van der Waals surface area contributed by atoms with Crippen LogP contribution in [0.5, 0.6) is 0 Å². The van der Waals surface area contributed by atoms with Gasteiger partial charge in [-0.05, 0) is 18.6 Å². The molecule has 0 aromatic carbocycles. The molecule has 0 unspecified atom stereocenters. The van der Waals surface area contributed by atoms with Gasteiger partial charge in [0, 0.05) is 10.1 Å². The summed E-state index contributed by atoms with van der Waals surface area (Å²) in [7, 11) is 0. The van der Waals surface area contributed by atoms with Crippen molar-refractivity contribution in [1.29, 1.82) is 0 Å². The third-order valence-electron chi connectivity index (χ3n) is 1.65. The molecule has 0 N–H and O–H groups in total. The van der Waals surface area contributed by atoms with Crippen molar-refractivity contribution >= 4 is 35.0 Å². The Hall–Kier alpha value is 0.0800. The van der Waals surface area contributed by atoms with Crippen LogP contribution in [0.1, 0.15) is 20.3 Å². The molecule has 0 bridgehead atoms. The van der Waals surface area contributed by atoms with Crippen molar-refractivity contribution in [3.05, 3.63) is 22.4 Å². The van der Waals surface area contributed by atoms with Crippen LogP contribution in [-0.2, 0) is 0 Å². The topological polar surface area (TPSA) is 12.9 Å². The first-order valence-corrected chi connectivity index (χ1v) is 5.75. The summed E-state index contributed by atoms with van der Waals surface area (Å²) in [4.78, 5) is 4.97. The molecule has 4 heteroatoms. The lowest BCUT2D eigenvalue weighted by atomic mass is 10.4. The largest absolute Gasteiger partial charge is 0.224 e. The Kier molecular flexibility index (Phi) is 4.36. The van der Waals surface area contributed by atoms with Crippen molar-refractivity contribution in [2.24, 2.45) is 0 Å². The Morgan fingerprint density at radius 1 is 1.38 bits per heavy atom. The van der Waals surface area contributed by atoms with Gasteiger partial charge in [-0.15, -0.1) is 11.8 Å². The van der Waals surface area contributed by atoms with Crippen LogP contribution in [0.2, 0.25) is 10.3 Å². The highest BCUT2D eigenvalue weighted by atomic mass is 35.5. The van der Waals surface area contributed by atoms with Gasteiger partial charge < -0.3 is 0 Å². The zero-order valence-corrected chi connectivity index (χ0v) is 9.88. The quantitative estimate of drug-likeness (QED) is 0.573. The first-order valence-electron chi connectivity index (χ1n) is 4.11. The zero-order chi connectivity index (χ0) is 9.84. The molecule has 0 amide bonds. The summed E-state index contributed by atoms with van der Waals surface area (Å²) < 4.78 is 0. The molecule has 0 fully saturated rings. The number of halogens is 2. The molecule has 72 valence electrons. The fraction of sp³-hybridized carbons (Fsp3) is 0.444. The van der Waals surface area contributed by atoms with E-state index in [1.165, 1.54) is 0 Å². The van der Waals surface area contributed by atoms with Crippen LogP contribution in [0.15, 0.2) is 17.0 Å². The minimum atomic E-state index is 0.457. The Balaban J connectivity index is 2.77. The maximum absolute atomic E-state index is 5.77. The Morgan fingerprint density at radius 2 is 1.92 bits per heavy atom. The molecule has 0 aliphatic heterocycles. The average Bonchev–Trinajstić information content (AvgIpc) is 2.02. The third-order valence-corrected chi connectivity index (χ3v) is 3.28. The van der Waals surface area contributed by atoms with Crippen LogP contribution in [-0.4, -0.2) is 10.2 Å². The second-order valence-electron chi connectivity index (χ2n) is 2.79. The summed E-state index contributed by atoms with van der Waals surface area (Å²) in [5.74, 6) is 0. The molecule has 1 nitrogen and oxygen atoms in total. The summed E-state index contributed by atoms with van der Waals surface area (Å²) in [6, 6.07) is 3.68. The lowest BCUT2D eigenvalue weighted by Gasteiger charge is -2.07. The van der Waals surface area contributed by atoms with Crippen LogP contribution in [0.25, 0.3) is 0 Å². The fourth-order valence-electron chi connectivity index (χ4n) is 0.827. The van der Waals surface area contributed by atoms with E-state index in [4.69, 9.17) is 23.2 Å². The van der Waals surface area contributed by atoms with Crippen LogP contribution >= 0.6 is 35.0 Å². The van der Waals surface area contributed by atoms with Gasteiger partial charge in [-0.25, -0.2) is 4.98 Å². The van der Waals surface area contributed by atoms with E-state index in [1.54, 1.807) is 11.8 Å². The minimum Gasteiger partial charge on any atom is -0.224 e. The van der Waals surface area contributed by atoms with E-state index in [9.17, 15) is 0 Å². The molecule has 1 atom stereocenters. The number of hydrogen-bond acceptors (Lipinski definition) is 2. The summed E-state index contributed by atoms with van der Waals surface area (Å²) in [5.41, 5.74) is 0. The van der Waals surface area contributed by atoms with E-state index in [-0.39, 0.29) is 0 Å². The average molecular weight is 236 g/mol.